The zero-order valence-electron chi connectivity index (χ0n) is 7.23. The lowest BCUT2D eigenvalue weighted by Crippen LogP contribution is -2.31. The van der Waals surface area contributed by atoms with Gasteiger partial charge in [0.1, 0.15) is 6.29 Å². The molecule has 0 aliphatic carbocycles. The van der Waals surface area contributed by atoms with Crippen LogP contribution >= 0.6 is 0 Å². The number of aldehydes is 1. The van der Waals surface area contributed by atoms with Crippen LogP contribution in [0.4, 0.5) is 0 Å². The molecule has 3 nitrogen and oxygen atoms in total. The summed E-state index contributed by atoms with van der Waals surface area (Å²) in [5.41, 5.74) is 7.25. The zero-order valence-corrected chi connectivity index (χ0v) is 7.23. The van der Waals surface area contributed by atoms with Gasteiger partial charge in [0.25, 0.3) is 0 Å². The summed E-state index contributed by atoms with van der Waals surface area (Å²) >= 11 is 0. The third-order valence-corrected chi connectivity index (χ3v) is 2.30. The van der Waals surface area contributed by atoms with Crippen LogP contribution in [0.15, 0.2) is 30.3 Å². The highest BCUT2D eigenvalue weighted by atomic mass is 16.1. The fourth-order valence-corrected chi connectivity index (χ4v) is 1.57. The number of nitrogens with one attached hydrogen (secondary N) is 2. The first-order valence-corrected chi connectivity index (χ1v) is 4.41. The second-order valence-corrected chi connectivity index (χ2v) is 3.23. The normalized spacial score (nSPS) is 27.4. The second-order valence-electron chi connectivity index (χ2n) is 3.23. The van der Waals surface area contributed by atoms with Gasteiger partial charge >= 0.3 is 0 Å². The lowest BCUT2D eigenvalue weighted by Gasteiger charge is -2.08. The van der Waals surface area contributed by atoms with Crippen LogP contribution in [0.25, 0.3) is 0 Å². The van der Waals surface area contributed by atoms with E-state index in [0.29, 0.717) is 0 Å². The molecular formula is C10H12N2O. The molecule has 1 aliphatic rings. The van der Waals surface area contributed by atoms with E-state index in [1.165, 1.54) is 5.56 Å². The Labute approximate surface area is 77.1 Å². The average Bonchev–Trinajstić information content (AvgIpc) is 2.67. The molecule has 0 radical (unpaired) electrons. The van der Waals surface area contributed by atoms with E-state index in [0.717, 1.165) is 12.7 Å². The molecule has 0 amide bonds. The van der Waals surface area contributed by atoms with Crippen molar-refractivity contribution in [3.8, 4) is 0 Å². The molecule has 1 saturated heterocycles. The third-order valence-electron chi connectivity index (χ3n) is 2.30. The SMILES string of the molecule is O=CC1CC(c2ccccc2)NN1. The molecule has 0 bridgehead atoms. The van der Waals surface area contributed by atoms with Gasteiger partial charge in [0.05, 0.1) is 6.04 Å². The van der Waals surface area contributed by atoms with E-state index in [4.69, 9.17) is 0 Å². The van der Waals surface area contributed by atoms with Crippen molar-refractivity contribution < 1.29 is 4.79 Å². The van der Waals surface area contributed by atoms with Crippen molar-refractivity contribution in [2.75, 3.05) is 0 Å². The van der Waals surface area contributed by atoms with Gasteiger partial charge in [-0.25, -0.2) is 10.9 Å². The number of rotatable bonds is 2. The predicted octanol–water partition coefficient (Wildman–Crippen LogP) is 0.793. The summed E-state index contributed by atoms with van der Waals surface area (Å²) in [6.45, 7) is 0. The van der Waals surface area contributed by atoms with E-state index in [2.05, 4.69) is 23.0 Å². The second kappa shape index (κ2) is 3.68. The van der Waals surface area contributed by atoms with Crippen LogP contribution in [0, 0.1) is 0 Å². The van der Waals surface area contributed by atoms with Crippen molar-refractivity contribution >= 4 is 6.29 Å². The van der Waals surface area contributed by atoms with Gasteiger partial charge in [-0.05, 0) is 12.0 Å². The molecule has 2 N–H and O–H groups in total. The van der Waals surface area contributed by atoms with Gasteiger partial charge in [0, 0.05) is 6.04 Å². The molecule has 2 unspecified atom stereocenters. The summed E-state index contributed by atoms with van der Waals surface area (Å²) in [7, 11) is 0. The number of hydrogen-bond acceptors (Lipinski definition) is 3. The summed E-state index contributed by atoms with van der Waals surface area (Å²) in [6.07, 6.45) is 1.77. The minimum absolute atomic E-state index is 0.0507. The molecule has 2 rings (SSSR count). The summed E-state index contributed by atoms with van der Waals surface area (Å²) in [5, 5.41) is 0. The predicted molar refractivity (Wildman–Crippen MR) is 49.9 cm³/mol. The molecule has 1 aromatic rings. The Morgan fingerprint density at radius 1 is 1.23 bits per heavy atom. The van der Waals surface area contributed by atoms with Gasteiger partial charge in [-0.2, -0.15) is 0 Å². The zero-order chi connectivity index (χ0) is 9.10. The average molecular weight is 176 g/mol. The number of carbonyl (C=O) groups is 1. The Bertz CT molecular complexity index is 286. The van der Waals surface area contributed by atoms with Gasteiger partial charge in [-0.3, -0.25) is 0 Å². The Morgan fingerprint density at radius 2 is 2.00 bits per heavy atom. The van der Waals surface area contributed by atoms with E-state index >= 15 is 0 Å². The van der Waals surface area contributed by atoms with Crippen LogP contribution in [-0.2, 0) is 4.79 Å². The fourth-order valence-electron chi connectivity index (χ4n) is 1.57. The first-order chi connectivity index (χ1) is 6.40. The Kier molecular flexibility index (Phi) is 2.38. The number of hydrazine groups is 1. The number of hydrogen-bond donors (Lipinski definition) is 2. The molecule has 68 valence electrons. The van der Waals surface area contributed by atoms with Crippen molar-refractivity contribution in [1.29, 1.82) is 0 Å². The standard InChI is InChI=1S/C10H12N2O/c13-7-9-6-10(12-11-9)8-4-2-1-3-5-8/h1-5,7,9-12H,6H2. The van der Waals surface area contributed by atoms with Gasteiger partial charge < -0.3 is 4.79 Å². The first kappa shape index (κ1) is 8.41. The highest BCUT2D eigenvalue weighted by Gasteiger charge is 2.23. The van der Waals surface area contributed by atoms with Crippen molar-refractivity contribution in [2.45, 2.75) is 18.5 Å². The largest absolute Gasteiger partial charge is 0.302 e. The molecular weight excluding hydrogens is 164 g/mol. The lowest BCUT2D eigenvalue weighted by molar-refractivity contribution is -0.109. The first-order valence-electron chi connectivity index (χ1n) is 4.41. The quantitative estimate of drug-likeness (QED) is 0.655. The van der Waals surface area contributed by atoms with E-state index in [1.807, 2.05) is 18.2 Å². The van der Waals surface area contributed by atoms with Crippen molar-refractivity contribution in [2.24, 2.45) is 0 Å². The topological polar surface area (TPSA) is 41.1 Å². The Balaban J connectivity index is 2.08. The molecule has 13 heavy (non-hydrogen) atoms. The van der Waals surface area contributed by atoms with Crippen LogP contribution in [0.5, 0.6) is 0 Å². The molecule has 0 aromatic heterocycles. The van der Waals surface area contributed by atoms with Crippen LogP contribution in [0.2, 0.25) is 0 Å². The van der Waals surface area contributed by atoms with Gasteiger partial charge in [0.15, 0.2) is 0 Å². The van der Waals surface area contributed by atoms with E-state index < -0.39 is 0 Å². The van der Waals surface area contributed by atoms with Crippen LogP contribution in [0.1, 0.15) is 18.0 Å². The maximum absolute atomic E-state index is 10.5. The highest BCUT2D eigenvalue weighted by Crippen LogP contribution is 2.20. The molecule has 3 heteroatoms. The smallest absolute Gasteiger partial charge is 0.138 e. The monoisotopic (exact) mass is 176 g/mol. The molecule has 1 aromatic carbocycles. The van der Waals surface area contributed by atoms with Gasteiger partial charge in [-0.15, -0.1) is 0 Å². The Hall–Kier alpha value is -1.19. The van der Waals surface area contributed by atoms with Gasteiger partial charge in [0.2, 0.25) is 0 Å². The molecule has 1 aliphatic heterocycles. The lowest BCUT2D eigenvalue weighted by atomic mass is 10.0. The Morgan fingerprint density at radius 3 is 2.62 bits per heavy atom. The third kappa shape index (κ3) is 1.76. The molecule has 1 heterocycles. The van der Waals surface area contributed by atoms with Crippen LogP contribution in [0.3, 0.4) is 0 Å². The summed E-state index contributed by atoms with van der Waals surface area (Å²) in [5.74, 6) is 0. The molecule has 0 spiro atoms. The minimum Gasteiger partial charge on any atom is -0.302 e. The summed E-state index contributed by atoms with van der Waals surface area (Å²) < 4.78 is 0. The molecule has 0 saturated carbocycles. The highest BCUT2D eigenvalue weighted by molar-refractivity contribution is 5.58. The maximum Gasteiger partial charge on any atom is 0.138 e. The van der Waals surface area contributed by atoms with Gasteiger partial charge in [-0.1, -0.05) is 30.3 Å². The van der Waals surface area contributed by atoms with Crippen molar-refractivity contribution in [3.05, 3.63) is 35.9 Å². The summed E-state index contributed by atoms with van der Waals surface area (Å²) in [4.78, 5) is 10.5. The van der Waals surface area contributed by atoms with Crippen molar-refractivity contribution in [1.82, 2.24) is 10.9 Å². The fraction of sp³-hybridized carbons (Fsp3) is 0.300. The number of benzene rings is 1. The summed E-state index contributed by atoms with van der Waals surface area (Å²) in [6, 6.07) is 10.3. The van der Waals surface area contributed by atoms with E-state index in [9.17, 15) is 4.79 Å². The van der Waals surface area contributed by atoms with Crippen molar-refractivity contribution in [3.63, 3.8) is 0 Å². The van der Waals surface area contributed by atoms with Crippen LogP contribution in [-0.4, -0.2) is 12.3 Å². The number of carbonyl (C=O) groups excluding carboxylic acids is 1. The minimum atomic E-state index is -0.0507. The molecule has 1 fully saturated rings. The van der Waals surface area contributed by atoms with E-state index in [1.54, 1.807) is 0 Å². The van der Waals surface area contributed by atoms with E-state index in [-0.39, 0.29) is 12.1 Å². The maximum atomic E-state index is 10.5. The molecule has 2 atom stereocenters. The van der Waals surface area contributed by atoms with Crippen LogP contribution < -0.4 is 10.9 Å².